The van der Waals surface area contributed by atoms with Crippen LogP contribution in [0.3, 0.4) is 0 Å². The van der Waals surface area contributed by atoms with Crippen molar-refractivity contribution in [1.82, 2.24) is 15.2 Å². The van der Waals surface area contributed by atoms with Crippen molar-refractivity contribution in [2.75, 3.05) is 5.75 Å². The molecule has 58 valence electrons. The summed E-state index contributed by atoms with van der Waals surface area (Å²) >= 11 is 1.57. The predicted octanol–water partition coefficient (Wildman–Crippen LogP) is 1.23. The number of terminal acetylenes is 1. The molecule has 1 N–H and O–H groups in total. The molecule has 1 aromatic rings. The van der Waals surface area contributed by atoms with Crippen LogP contribution in [0.4, 0.5) is 0 Å². The molecule has 0 aromatic carbocycles. The third-order valence-electron chi connectivity index (χ3n) is 1.05. The molecule has 0 saturated heterocycles. The van der Waals surface area contributed by atoms with Crippen molar-refractivity contribution in [3.63, 3.8) is 0 Å². The van der Waals surface area contributed by atoms with Gasteiger partial charge in [0.1, 0.15) is 5.82 Å². The second kappa shape index (κ2) is 4.04. The zero-order chi connectivity index (χ0) is 8.10. The number of thioether (sulfide) groups is 1. The van der Waals surface area contributed by atoms with Crippen molar-refractivity contribution in [1.29, 1.82) is 0 Å². The summed E-state index contributed by atoms with van der Waals surface area (Å²) in [4.78, 5) is 4.11. The molecule has 0 amide bonds. The quantitative estimate of drug-likeness (QED) is 0.418. The maximum absolute atomic E-state index is 5.09. The zero-order valence-electron chi connectivity index (χ0n) is 6.29. The Labute approximate surface area is 70.0 Å². The first-order valence-corrected chi connectivity index (χ1v) is 4.27. The van der Waals surface area contributed by atoms with Crippen LogP contribution in [0.1, 0.15) is 12.2 Å². The number of nitrogens with zero attached hydrogens (tertiary/aromatic N) is 2. The van der Waals surface area contributed by atoms with E-state index in [1.165, 1.54) is 0 Å². The van der Waals surface area contributed by atoms with Crippen molar-refractivity contribution in [3.8, 4) is 12.3 Å². The number of aryl methyl sites for hydroxylation is 1. The number of aromatic amines is 1. The molecule has 0 radical (unpaired) electrons. The highest BCUT2D eigenvalue weighted by atomic mass is 32.2. The van der Waals surface area contributed by atoms with Gasteiger partial charge < -0.3 is 0 Å². The summed E-state index contributed by atoms with van der Waals surface area (Å²) < 4.78 is 0. The molecule has 0 saturated carbocycles. The summed E-state index contributed by atoms with van der Waals surface area (Å²) in [5, 5.41) is 7.48. The van der Waals surface area contributed by atoms with E-state index in [1.54, 1.807) is 11.8 Å². The Morgan fingerprint density at radius 3 is 3.09 bits per heavy atom. The molecule has 0 bridgehead atoms. The highest BCUT2D eigenvalue weighted by molar-refractivity contribution is 7.99. The first kappa shape index (κ1) is 8.15. The molecule has 0 fully saturated rings. The standard InChI is InChI=1S/C7H9N3S/c1-3-4-5-11-7-8-6(2)9-10-7/h1H,4-5H2,2H3,(H,8,9,10). The average molecular weight is 167 g/mol. The number of hydrogen-bond donors (Lipinski definition) is 1. The van der Waals surface area contributed by atoms with Crippen molar-refractivity contribution < 1.29 is 0 Å². The molecule has 1 rings (SSSR count). The molecule has 0 aliphatic carbocycles. The maximum atomic E-state index is 5.09. The van der Waals surface area contributed by atoms with Gasteiger partial charge in [-0.2, -0.15) is 0 Å². The van der Waals surface area contributed by atoms with Crippen LogP contribution in [0.25, 0.3) is 0 Å². The minimum Gasteiger partial charge on any atom is -0.262 e. The smallest absolute Gasteiger partial charge is 0.208 e. The normalized spacial score (nSPS) is 9.45. The zero-order valence-corrected chi connectivity index (χ0v) is 7.11. The van der Waals surface area contributed by atoms with Crippen LogP contribution in [0.2, 0.25) is 0 Å². The second-order valence-electron chi connectivity index (χ2n) is 2.01. The summed E-state index contributed by atoms with van der Waals surface area (Å²) in [6.07, 6.45) is 5.85. The number of aromatic nitrogens is 3. The van der Waals surface area contributed by atoms with Gasteiger partial charge in [0.15, 0.2) is 0 Å². The average Bonchev–Trinajstić information content (AvgIpc) is 2.37. The summed E-state index contributed by atoms with van der Waals surface area (Å²) in [5.74, 6) is 4.28. The van der Waals surface area contributed by atoms with Gasteiger partial charge in [-0.15, -0.1) is 17.4 Å². The summed E-state index contributed by atoms with van der Waals surface area (Å²) in [7, 11) is 0. The Bertz CT molecular complexity index is 261. The Balaban J connectivity index is 2.34. The van der Waals surface area contributed by atoms with Crippen LogP contribution < -0.4 is 0 Å². The highest BCUT2D eigenvalue weighted by Gasteiger charge is 1.97. The van der Waals surface area contributed by atoms with Crippen molar-refractivity contribution in [2.24, 2.45) is 0 Å². The van der Waals surface area contributed by atoms with Crippen LogP contribution in [0, 0.1) is 19.3 Å². The summed E-state index contributed by atoms with van der Waals surface area (Å²) in [5.41, 5.74) is 0. The number of hydrogen-bond acceptors (Lipinski definition) is 3. The van der Waals surface area contributed by atoms with Crippen molar-refractivity contribution in [3.05, 3.63) is 5.82 Å². The summed E-state index contributed by atoms with van der Waals surface area (Å²) in [6, 6.07) is 0. The molecule has 0 spiro atoms. The third kappa shape index (κ3) is 2.64. The maximum Gasteiger partial charge on any atom is 0.208 e. The molecule has 4 heteroatoms. The minimum atomic E-state index is 0.762. The lowest BCUT2D eigenvalue weighted by molar-refractivity contribution is 0.969. The molecule has 3 nitrogen and oxygen atoms in total. The van der Waals surface area contributed by atoms with Gasteiger partial charge in [0, 0.05) is 12.2 Å². The lowest BCUT2D eigenvalue weighted by Gasteiger charge is -1.87. The van der Waals surface area contributed by atoms with E-state index in [0.29, 0.717) is 0 Å². The van der Waals surface area contributed by atoms with Gasteiger partial charge in [-0.1, -0.05) is 11.8 Å². The largest absolute Gasteiger partial charge is 0.262 e. The number of nitrogens with one attached hydrogen (secondary N) is 1. The van der Waals surface area contributed by atoms with Gasteiger partial charge in [-0.3, -0.25) is 5.10 Å². The summed E-state index contributed by atoms with van der Waals surface area (Å²) in [6.45, 7) is 1.87. The van der Waals surface area contributed by atoms with Gasteiger partial charge in [0.05, 0.1) is 0 Å². The van der Waals surface area contributed by atoms with Crippen LogP contribution in [-0.4, -0.2) is 20.9 Å². The van der Waals surface area contributed by atoms with E-state index in [9.17, 15) is 0 Å². The fraction of sp³-hybridized carbons (Fsp3) is 0.429. The fourth-order valence-electron chi connectivity index (χ4n) is 0.588. The van der Waals surface area contributed by atoms with E-state index in [1.807, 2.05) is 6.92 Å². The van der Waals surface area contributed by atoms with Crippen LogP contribution in [-0.2, 0) is 0 Å². The number of rotatable bonds is 3. The molecule has 0 aliphatic rings. The van der Waals surface area contributed by atoms with Gasteiger partial charge in [0.2, 0.25) is 5.16 Å². The lowest BCUT2D eigenvalue weighted by atomic mass is 10.5. The first-order valence-electron chi connectivity index (χ1n) is 3.28. The van der Waals surface area contributed by atoms with Gasteiger partial charge >= 0.3 is 0 Å². The molecular weight excluding hydrogens is 158 g/mol. The van der Waals surface area contributed by atoms with Crippen molar-refractivity contribution >= 4 is 11.8 Å². The highest BCUT2D eigenvalue weighted by Crippen LogP contribution is 2.12. The van der Waals surface area contributed by atoms with Gasteiger partial charge in [-0.05, 0) is 6.92 Å². The Morgan fingerprint density at radius 1 is 1.73 bits per heavy atom. The van der Waals surface area contributed by atoms with Gasteiger partial charge in [0.25, 0.3) is 0 Å². The van der Waals surface area contributed by atoms with Crippen LogP contribution in [0.15, 0.2) is 5.16 Å². The second-order valence-corrected chi connectivity index (χ2v) is 3.07. The molecule has 1 heterocycles. The molecule has 11 heavy (non-hydrogen) atoms. The molecule has 1 aromatic heterocycles. The third-order valence-corrected chi connectivity index (χ3v) is 1.90. The van der Waals surface area contributed by atoms with E-state index in [4.69, 9.17) is 6.42 Å². The van der Waals surface area contributed by atoms with E-state index in [0.717, 1.165) is 23.2 Å². The van der Waals surface area contributed by atoms with Crippen LogP contribution >= 0.6 is 11.8 Å². The minimum absolute atomic E-state index is 0.762. The topological polar surface area (TPSA) is 41.6 Å². The van der Waals surface area contributed by atoms with Crippen LogP contribution in [0.5, 0.6) is 0 Å². The lowest BCUT2D eigenvalue weighted by Crippen LogP contribution is -1.78. The Kier molecular flexibility index (Phi) is 2.99. The molecular formula is C7H9N3S. The molecule has 0 unspecified atom stereocenters. The fourth-order valence-corrected chi connectivity index (χ4v) is 1.30. The van der Waals surface area contributed by atoms with E-state index < -0.39 is 0 Å². The molecule has 0 aliphatic heterocycles. The van der Waals surface area contributed by atoms with E-state index in [2.05, 4.69) is 21.1 Å². The van der Waals surface area contributed by atoms with Gasteiger partial charge in [-0.25, -0.2) is 4.98 Å². The Hall–Kier alpha value is -0.950. The molecule has 0 atom stereocenters. The monoisotopic (exact) mass is 167 g/mol. The SMILES string of the molecule is C#CCCSc1n[nH]c(C)n1. The predicted molar refractivity (Wildman–Crippen MR) is 45.3 cm³/mol. The van der Waals surface area contributed by atoms with Crippen molar-refractivity contribution in [2.45, 2.75) is 18.5 Å². The number of H-pyrrole nitrogens is 1. The van der Waals surface area contributed by atoms with E-state index >= 15 is 0 Å². The first-order chi connectivity index (χ1) is 5.33. The Morgan fingerprint density at radius 2 is 2.55 bits per heavy atom. The van der Waals surface area contributed by atoms with E-state index in [-0.39, 0.29) is 0 Å².